The lowest BCUT2D eigenvalue weighted by Crippen LogP contribution is -2.20. The van der Waals surface area contributed by atoms with Crippen LogP contribution in [0.5, 0.6) is 5.75 Å². The molecule has 1 aromatic rings. The number of benzene rings is 1. The molecule has 0 fully saturated rings. The fraction of sp³-hybridized carbons (Fsp3) is 0.462. The molecule has 0 saturated carbocycles. The van der Waals surface area contributed by atoms with Gasteiger partial charge in [0.15, 0.2) is 0 Å². The van der Waals surface area contributed by atoms with Crippen molar-refractivity contribution in [2.75, 3.05) is 6.54 Å². The standard InChI is InChI=1S/C13H18N2O2/c1-9(2)16-11-5-3-10(4-6-11)13-7-12(8-14)17-15-13/h3-6,9,12H,7-8,14H2,1-2H3. The molecule has 17 heavy (non-hydrogen) atoms. The van der Waals surface area contributed by atoms with Crippen molar-refractivity contribution in [2.24, 2.45) is 10.9 Å². The molecule has 0 aliphatic carbocycles. The maximum absolute atomic E-state index is 5.58. The summed E-state index contributed by atoms with van der Waals surface area (Å²) in [5.74, 6) is 0.874. The molecule has 2 N–H and O–H groups in total. The monoisotopic (exact) mass is 234 g/mol. The van der Waals surface area contributed by atoms with E-state index in [2.05, 4.69) is 5.16 Å². The Kier molecular flexibility index (Phi) is 3.64. The van der Waals surface area contributed by atoms with E-state index >= 15 is 0 Å². The zero-order valence-electron chi connectivity index (χ0n) is 10.2. The van der Waals surface area contributed by atoms with Gasteiger partial charge in [0.1, 0.15) is 11.9 Å². The molecular weight excluding hydrogens is 216 g/mol. The van der Waals surface area contributed by atoms with E-state index in [1.807, 2.05) is 38.1 Å². The number of hydrogen-bond acceptors (Lipinski definition) is 4. The van der Waals surface area contributed by atoms with E-state index in [1.165, 1.54) is 0 Å². The number of hydrogen-bond donors (Lipinski definition) is 1. The Bertz CT molecular complexity index is 398. The lowest BCUT2D eigenvalue weighted by Gasteiger charge is -2.09. The first-order valence-electron chi connectivity index (χ1n) is 5.89. The smallest absolute Gasteiger partial charge is 0.145 e. The van der Waals surface area contributed by atoms with Gasteiger partial charge in [0, 0.05) is 13.0 Å². The van der Waals surface area contributed by atoms with Crippen LogP contribution in [-0.2, 0) is 4.84 Å². The second kappa shape index (κ2) is 5.19. The fourth-order valence-electron chi connectivity index (χ4n) is 1.72. The molecule has 1 aromatic carbocycles. The number of nitrogens with two attached hydrogens (primary N) is 1. The fourth-order valence-corrected chi connectivity index (χ4v) is 1.72. The van der Waals surface area contributed by atoms with E-state index in [9.17, 15) is 0 Å². The molecule has 0 amide bonds. The van der Waals surface area contributed by atoms with Crippen molar-refractivity contribution < 1.29 is 9.57 Å². The first-order valence-corrected chi connectivity index (χ1v) is 5.89. The summed E-state index contributed by atoms with van der Waals surface area (Å²) in [6.45, 7) is 4.52. The molecule has 0 saturated heterocycles. The molecule has 0 radical (unpaired) electrons. The Morgan fingerprint density at radius 3 is 2.65 bits per heavy atom. The first-order chi connectivity index (χ1) is 8.19. The third-order valence-corrected chi connectivity index (χ3v) is 2.56. The zero-order chi connectivity index (χ0) is 12.3. The Labute approximate surface area is 101 Å². The third-order valence-electron chi connectivity index (χ3n) is 2.56. The quantitative estimate of drug-likeness (QED) is 0.866. The average Bonchev–Trinajstić information content (AvgIpc) is 2.78. The Hall–Kier alpha value is -1.55. The van der Waals surface area contributed by atoms with Crippen molar-refractivity contribution in [2.45, 2.75) is 32.5 Å². The number of ether oxygens (including phenoxy) is 1. The minimum atomic E-state index is 0.0246. The van der Waals surface area contributed by atoms with Crippen LogP contribution in [0.2, 0.25) is 0 Å². The van der Waals surface area contributed by atoms with Crippen molar-refractivity contribution in [3.8, 4) is 5.75 Å². The molecule has 4 heteroatoms. The molecular formula is C13H18N2O2. The molecule has 1 aliphatic rings. The highest BCUT2D eigenvalue weighted by Gasteiger charge is 2.20. The Morgan fingerprint density at radius 2 is 2.12 bits per heavy atom. The van der Waals surface area contributed by atoms with Gasteiger partial charge in [0.2, 0.25) is 0 Å². The number of rotatable bonds is 4. The van der Waals surface area contributed by atoms with E-state index in [4.69, 9.17) is 15.3 Å². The summed E-state index contributed by atoms with van der Waals surface area (Å²) in [5.41, 5.74) is 7.56. The molecule has 0 aromatic heterocycles. The minimum absolute atomic E-state index is 0.0246. The van der Waals surface area contributed by atoms with Gasteiger partial charge in [0.05, 0.1) is 11.8 Å². The van der Waals surface area contributed by atoms with Gasteiger partial charge in [-0.25, -0.2) is 0 Å². The van der Waals surface area contributed by atoms with E-state index in [0.717, 1.165) is 23.4 Å². The van der Waals surface area contributed by atoms with Crippen molar-refractivity contribution in [1.82, 2.24) is 0 Å². The largest absolute Gasteiger partial charge is 0.491 e. The van der Waals surface area contributed by atoms with Crippen LogP contribution < -0.4 is 10.5 Å². The summed E-state index contributed by atoms with van der Waals surface area (Å²) in [6, 6.07) is 7.90. The van der Waals surface area contributed by atoms with Crippen LogP contribution >= 0.6 is 0 Å². The van der Waals surface area contributed by atoms with Crippen molar-refractivity contribution >= 4 is 5.71 Å². The number of oxime groups is 1. The molecule has 2 rings (SSSR count). The summed E-state index contributed by atoms with van der Waals surface area (Å²) in [5, 5.41) is 4.04. The van der Waals surface area contributed by atoms with Crippen LogP contribution in [-0.4, -0.2) is 24.5 Å². The summed E-state index contributed by atoms with van der Waals surface area (Å²) < 4.78 is 5.58. The molecule has 1 atom stereocenters. The summed E-state index contributed by atoms with van der Waals surface area (Å²) >= 11 is 0. The van der Waals surface area contributed by atoms with Crippen LogP contribution in [0.1, 0.15) is 25.8 Å². The topological polar surface area (TPSA) is 56.8 Å². The lowest BCUT2D eigenvalue weighted by molar-refractivity contribution is 0.0918. The normalized spacial score (nSPS) is 19.1. The molecule has 92 valence electrons. The molecule has 0 spiro atoms. The van der Waals surface area contributed by atoms with E-state index < -0.39 is 0 Å². The first kappa shape index (κ1) is 11.9. The maximum Gasteiger partial charge on any atom is 0.145 e. The van der Waals surface area contributed by atoms with Crippen molar-refractivity contribution in [3.63, 3.8) is 0 Å². The predicted molar refractivity (Wildman–Crippen MR) is 67.3 cm³/mol. The van der Waals surface area contributed by atoms with Crippen molar-refractivity contribution in [1.29, 1.82) is 0 Å². The van der Waals surface area contributed by atoms with Gasteiger partial charge in [-0.05, 0) is 43.7 Å². The minimum Gasteiger partial charge on any atom is -0.491 e. The highest BCUT2D eigenvalue weighted by molar-refractivity contribution is 6.01. The zero-order valence-corrected chi connectivity index (χ0v) is 10.2. The lowest BCUT2D eigenvalue weighted by atomic mass is 10.1. The van der Waals surface area contributed by atoms with Gasteiger partial charge in [-0.2, -0.15) is 0 Å². The summed E-state index contributed by atoms with van der Waals surface area (Å²) in [4.78, 5) is 5.20. The van der Waals surface area contributed by atoms with E-state index in [-0.39, 0.29) is 12.2 Å². The van der Waals surface area contributed by atoms with E-state index in [1.54, 1.807) is 0 Å². The average molecular weight is 234 g/mol. The van der Waals surface area contributed by atoms with Crippen LogP contribution in [0.15, 0.2) is 29.4 Å². The van der Waals surface area contributed by atoms with Gasteiger partial charge >= 0.3 is 0 Å². The van der Waals surface area contributed by atoms with Crippen molar-refractivity contribution in [3.05, 3.63) is 29.8 Å². The second-order valence-corrected chi connectivity index (χ2v) is 4.40. The van der Waals surface area contributed by atoms with Gasteiger partial charge in [-0.15, -0.1) is 0 Å². The Morgan fingerprint density at radius 1 is 1.41 bits per heavy atom. The van der Waals surface area contributed by atoms with Gasteiger partial charge in [-0.3, -0.25) is 0 Å². The van der Waals surface area contributed by atoms with Gasteiger partial charge in [-0.1, -0.05) is 5.16 Å². The molecule has 1 heterocycles. The second-order valence-electron chi connectivity index (χ2n) is 4.40. The molecule has 4 nitrogen and oxygen atoms in total. The van der Waals surface area contributed by atoms with E-state index in [0.29, 0.717) is 6.54 Å². The van der Waals surface area contributed by atoms with Crippen LogP contribution in [0, 0.1) is 0 Å². The SMILES string of the molecule is CC(C)Oc1ccc(C2=NOC(CN)C2)cc1. The summed E-state index contributed by atoms with van der Waals surface area (Å²) in [6.07, 6.45) is 0.993. The number of nitrogens with zero attached hydrogens (tertiary/aromatic N) is 1. The summed E-state index contributed by atoms with van der Waals surface area (Å²) in [7, 11) is 0. The Balaban J connectivity index is 2.03. The maximum atomic E-state index is 5.58. The van der Waals surface area contributed by atoms with Gasteiger partial charge in [0.25, 0.3) is 0 Å². The highest BCUT2D eigenvalue weighted by atomic mass is 16.6. The third kappa shape index (κ3) is 2.97. The molecule has 0 bridgehead atoms. The highest BCUT2D eigenvalue weighted by Crippen LogP contribution is 2.19. The van der Waals surface area contributed by atoms with Gasteiger partial charge < -0.3 is 15.3 Å². The van der Waals surface area contributed by atoms with Crippen LogP contribution in [0.25, 0.3) is 0 Å². The van der Waals surface area contributed by atoms with Crippen LogP contribution in [0.4, 0.5) is 0 Å². The molecule has 1 unspecified atom stereocenters. The predicted octanol–water partition coefficient (Wildman–Crippen LogP) is 1.93. The van der Waals surface area contributed by atoms with Crippen LogP contribution in [0.3, 0.4) is 0 Å². The molecule has 1 aliphatic heterocycles.